The zero-order valence-electron chi connectivity index (χ0n) is 11.6. The normalized spacial score (nSPS) is 22.8. The molecule has 1 aliphatic carbocycles. The molecule has 1 unspecified atom stereocenters. The van der Waals surface area contributed by atoms with Crippen LogP contribution in [-0.4, -0.2) is 31.5 Å². The van der Waals surface area contributed by atoms with E-state index in [0.29, 0.717) is 19.3 Å². The Morgan fingerprint density at radius 2 is 2.11 bits per heavy atom. The predicted octanol–water partition coefficient (Wildman–Crippen LogP) is 2.04. The summed E-state index contributed by atoms with van der Waals surface area (Å²) >= 11 is 0. The fourth-order valence-electron chi connectivity index (χ4n) is 2.86. The molecule has 19 heavy (non-hydrogen) atoms. The van der Waals surface area contributed by atoms with Crippen LogP contribution in [0, 0.1) is 18.3 Å². The third-order valence-corrected chi connectivity index (χ3v) is 4.47. The Morgan fingerprint density at radius 3 is 2.63 bits per heavy atom. The van der Waals surface area contributed by atoms with Crippen molar-refractivity contribution in [3.8, 4) is 0 Å². The Bertz CT molecular complexity index is 433. The van der Waals surface area contributed by atoms with Gasteiger partial charge in [0.2, 0.25) is 0 Å². The number of aryl methyl sites for hydroxylation is 1. The lowest BCUT2D eigenvalue weighted by molar-refractivity contribution is -0.135. The first-order chi connectivity index (χ1) is 9.24. The van der Waals surface area contributed by atoms with Crippen LogP contribution in [0.3, 0.4) is 0 Å². The summed E-state index contributed by atoms with van der Waals surface area (Å²) in [5, 5.41) is 13.2. The minimum atomic E-state index is -0.0458. The quantitative estimate of drug-likeness (QED) is 0.823. The van der Waals surface area contributed by atoms with Crippen LogP contribution in [0.5, 0.6) is 0 Å². The van der Waals surface area contributed by atoms with Gasteiger partial charge in [-0.1, -0.05) is 24.3 Å². The molecule has 2 aliphatic rings. The van der Waals surface area contributed by atoms with Crippen molar-refractivity contribution >= 4 is 0 Å². The van der Waals surface area contributed by atoms with Crippen LogP contribution in [-0.2, 0) is 4.74 Å². The Balaban J connectivity index is 1.70. The van der Waals surface area contributed by atoms with Crippen molar-refractivity contribution in [2.24, 2.45) is 11.3 Å². The van der Waals surface area contributed by atoms with E-state index >= 15 is 0 Å². The van der Waals surface area contributed by atoms with E-state index in [1.54, 1.807) is 0 Å². The van der Waals surface area contributed by atoms with Crippen molar-refractivity contribution in [3.63, 3.8) is 0 Å². The number of aliphatic hydroxyl groups is 1. The molecule has 1 atom stereocenters. The van der Waals surface area contributed by atoms with E-state index in [0.717, 1.165) is 12.5 Å². The summed E-state index contributed by atoms with van der Waals surface area (Å²) < 4.78 is 5.27. The van der Waals surface area contributed by atoms with E-state index in [-0.39, 0.29) is 12.0 Å². The van der Waals surface area contributed by atoms with Crippen LogP contribution in [0.15, 0.2) is 24.3 Å². The first kappa shape index (κ1) is 13.1. The number of aliphatic hydroxyl groups excluding tert-OH is 1. The SMILES string of the molecule is Cc1ccccc1C(NCC1(CO)COC1)C1CC1. The minimum absolute atomic E-state index is 0.0458. The Hall–Kier alpha value is -0.900. The third kappa shape index (κ3) is 2.69. The molecule has 1 saturated heterocycles. The van der Waals surface area contributed by atoms with Crippen molar-refractivity contribution in [2.75, 3.05) is 26.4 Å². The smallest absolute Gasteiger partial charge is 0.0579 e. The highest BCUT2D eigenvalue weighted by Crippen LogP contribution is 2.42. The van der Waals surface area contributed by atoms with E-state index in [1.807, 2.05) is 0 Å². The van der Waals surface area contributed by atoms with Gasteiger partial charge in [0.15, 0.2) is 0 Å². The molecule has 0 aromatic heterocycles. The van der Waals surface area contributed by atoms with Crippen LogP contribution in [0.1, 0.15) is 30.0 Å². The van der Waals surface area contributed by atoms with E-state index < -0.39 is 0 Å². The van der Waals surface area contributed by atoms with Gasteiger partial charge in [-0.25, -0.2) is 0 Å². The standard InChI is InChI=1S/C16H23NO2/c1-12-4-2-3-5-14(12)15(13-6-7-13)17-8-16(9-18)10-19-11-16/h2-5,13,15,17-18H,6-11H2,1H3. The largest absolute Gasteiger partial charge is 0.396 e. The second kappa shape index (κ2) is 5.23. The van der Waals surface area contributed by atoms with Crippen LogP contribution in [0.4, 0.5) is 0 Å². The lowest BCUT2D eigenvalue weighted by Gasteiger charge is -2.41. The van der Waals surface area contributed by atoms with Gasteiger partial charge in [0.05, 0.1) is 25.2 Å². The molecular weight excluding hydrogens is 238 g/mol. The maximum Gasteiger partial charge on any atom is 0.0579 e. The van der Waals surface area contributed by atoms with Crippen molar-refractivity contribution in [1.82, 2.24) is 5.32 Å². The average Bonchev–Trinajstić information content (AvgIpc) is 3.19. The summed E-state index contributed by atoms with van der Waals surface area (Å²) in [5.74, 6) is 0.762. The number of benzene rings is 1. The van der Waals surface area contributed by atoms with Crippen LogP contribution >= 0.6 is 0 Å². The Kier molecular flexibility index (Phi) is 3.61. The van der Waals surface area contributed by atoms with Gasteiger partial charge < -0.3 is 15.2 Å². The fourth-order valence-corrected chi connectivity index (χ4v) is 2.86. The highest BCUT2D eigenvalue weighted by Gasteiger charge is 2.40. The molecule has 1 saturated carbocycles. The van der Waals surface area contributed by atoms with Crippen LogP contribution in [0.2, 0.25) is 0 Å². The molecule has 1 aromatic rings. The van der Waals surface area contributed by atoms with E-state index in [1.165, 1.54) is 24.0 Å². The molecule has 1 aromatic carbocycles. The molecule has 2 N–H and O–H groups in total. The van der Waals surface area contributed by atoms with E-state index in [4.69, 9.17) is 4.74 Å². The summed E-state index contributed by atoms with van der Waals surface area (Å²) in [7, 11) is 0. The Morgan fingerprint density at radius 1 is 1.37 bits per heavy atom. The summed E-state index contributed by atoms with van der Waals surface area (Å²) in [5.41, 5.74) is 2.73. The molecule has 0 spiro atoms. The molecule has 0 radical (unpaired) electrons. The molecule has 1 aliphatic heterocycles. The first-order valence-electron chi connectivity index (χ1n) is 7.22. The zero-order valence-corrected chi connectivity index (χ0v) is 11.6. The second-order valence-electron chi connectivity index (χ2n) is 6.20. The monoisotopic (exact) mass is 261 g/mol. The van der Waals surface area contributed by atoms with Crippen molar-refractivity contribution in [3.05, 3.63) is 35.4 Å². The maximum atomic E-state index is 9.51. The highest BCUT2D eigenvalue weighted by molar-refractivity contribution is 5.30. The van der Waals surface area contributed by atoms with Gasteiger partial charge in [0, 0.05) is 12.6 Å². The fraction of sp³-hybridized carbons (Fsp3) is 0.625. The van der Waals surface area contributed by atoms with Gasteiger partial charge in [-0.3, -0.25) is 0 Å². The molecule has 0 amide bonds. The van der Waals surface area contributed by atoms with Crippen molar-refractivity contribution in [1.29, 1.82) is 0 Å². The van der Waals surface area contributed by atoms with Gasteiger partial charge in [0.25, 0.3) is 0 Å². The van der Waals surface area contributed by atoms with Gasteiger partial charge in [-0.15, -0.1) is 0 Å². The van der Waals surface area contributed by atoms with Gasteiger partial charge in [0.1, 0.15) is 0 Å². The topological polar surface area (TPSA) is 41.5 Å². The van der Waals surface area contributed by atoms with Crippen LogP contribution in [0.25, 0.3) is 0 Å². The minimum Gasteiger partial charge on any atom is -0.396 e. The summed E-state index contributed by atoms with van der Waals surface area (Å²) in [4.78, 5) is 0. The molecule has 3 heteroatoms. The number of rotatable bonds is 6. The lowest BCUT2D eigenvalue weighted by atomic mass is 9.86. The Labute approximate surface area is 115 Å². The second-order valence-corrected chi connectivity index (χ2v) is 6.20. The summed E-state index contributed by atoms with van der Waals surface area (Å²) in [6.45, 7) is 4.61. The number of hydrogen-bond donors (Lipinski definition) is 2. The molecule has 2 fully saturated rings. The van der Waals surface area contributed by atoms with Crippen molar-refractivity contribution in [2.45, 2.75) is 25.8 Å². The molecule has 0 bridgehead atoms. The van der Waals surface area contributed by atoms with E-state index in [2.05, 4.69) is 36.5 Å². The first-order valence-corrected chi connectivity index (χ1v) is 7.22. The van der Waals surface area contributed by atoms with Crippen LogP contribution < -0.4 is 5.32 Å². The molecule has 1 heterocycles. The molecule has 3 nitrogen and oxygen atoms in total. The lowest BCUT2D eigenvalue weighted by Crippen LogP contribution is -2.52. The van der Waals surface area contributed by atoms with Gasteiger partial charge in [-0.2, -0.15) is 0 Å². The van der Waals surface area contributed by atoms with Gasteiger partial charge >= 0.3 is 0 Å². The highest BCUT2D eigenvalue weighted by atomic mass is 16.5. The number of nitrogens with one attached hydrogen (secondary N) is 1. The van der Waals surface area contributed by atoms with Gasteiger partial charge in [-0.05, 0) is 36.8 Å². The summed E-state index contributed by atoms with van der Waals surface area (Å²) in [6.07, 6.45) is 2.63. The van der Waals surface area contributed by atoms with Crippen molar-refractivity contribution < 1.29 is 9.84 Å². The number of hydrogen-bond acceptors (Lipinski definition) is 3. The molecular formula is C16H23NO2. The number of ether oxygens (including phenoxy) is 1. The third-order valence-electron chi connectivity index (χ3n) is 4.47. The zero-order chi connectivity index (χ0) is 13.3. The summed E-state index contributed by atoms with van der Waals surface area (Å²) in [6, 6.07) is 9.06. The predicted molar refractivity (Wildman–Crippen MR) is 75.0 cm³/mol. The molecule has 3 rings (SSSR count). The molecule has 104 valence electrons. The average molecular weight is 261 g/mol. The maximum absolute atomic E-state index is 9.51. The van der Waals surface area contributed by atoms with E-state index in [9.17, 15) is 5.11 Å².